The average molecular weight is 485 g/mol. The Kier molecular flexibility index (Phi) is 6.73. The lowest BCUT2D eigenvalue weighted by Crippen LogP contribution is -2.25. The number of fused-ring (bicyclic) bond motifs is 1. The molecule has 0 spiro atoms. The summed E-state index contributed by atoms with van der Waals surface area (Å²) >= 11 is 1.33. The number of para-hydroxylation sites is 2. The number of aromatic amines is 1. The first-order chi connectivity index (χ1) is 16.6. The van der Waals surface area contributed by atoms with E-state index in [1.165, 1.54) is 18.9 Å². The lowest BCUT2D eigenvalue weighted by molar-refractivity contribution is -0.133. The lowest BCUT2D eigenvalue weighted by atomic mass is 10.2. The molecule has 180 valence electrons. The normalized spacial score (nSPS) is 19.1. The van der Waals surface area contributed by atoms with Gasteiger partial charge in [0.25, 0.3) is 0 Å². The molecule has 0 saturated carbocycles. The van der Waals surface area contributed by atoms with Crippen LogP contribution in [0.5, 0.6) is 0 Å². The molecule has 1 atom stereocenters. The molecule has 2 saturated heterocycles. The third-order valence-corrected chi connectivity index (χ3v) is 7.12. The van der Waals surface area contributed by atoms with E-state index in [-0.39, 0.29) is 29.0 Å². The predicted octanol–water partition coefficient (Wildman–Crippen LogP) is 3.17. The van der Waals surface area contributed by atoms with E-state index >= 15 is 0 Å². The molecule has 3 aromatic rings. The number of aliphatic hydroxyl groups is 1. The van der Waals surface area contributed by atoms with Gasteiger partial charge in [-0.25, -0.2) is 9.78 Å². The molecule has 0 amide bonds. The Morgan fingerprint density at radius 3 is 2.82 bits per heavy atom. The highest BCUT2D eigenvalue weighted by molar-refractivity contribution is 7.99. The Hall–Kier alpha value is -3.05. The molecule has 2 fully saturated rings. The minimum atomic E-state index is -0.657. The van der Waals surface area contributed by atoms with E-state index in [0.29, 0.717) is 17.2 Å². The van der Waals surface area contributed by atoms with Crippen LogP contribution in [0.25, 0.3) is 16.6 Å². The highest BCUT2D eigenvalue weighted by atomic mass is 32.2. The number of esters is 1. The SMILES string of the molecule is COC(=O)C(=C(O)CSc1nnc(N2CCCC2)n1C[C@@H]1CCCO1)c1nc2ccccc2[nH]1. The predicted molar refractivity (Wildman–Crippen MR) is 129 cm³/mol. The number of rotatable bonds is 8. The van der Waals surface area contributed by atoms with Gasteiger partial charge in [-0.1, -0.05) is 23.9 Å². The van der Waals surface area contributed by atoms with Crippen molar-refractivity contribution >= 4 is 40.3 Å². The number of carbonyl (C=O) groups is 1. The lowest BCUT2D eigenvalue weighted by Gasteiger charge is -2.20. The number of anilines is 1. The van der Waals surface area contributed by atoms with E-state index in [2.05, 4.69) is 29.6 Å². The number of hydrogen-bond donors (Lipinski definition) is 2. The molecule has 0 radical (unpaired) electrons. The number of nitrogens with one attached hydrogen (secondary N) is 1. The Morgan fingerprint density at radius 1 is 1.26 bits per heavy atom. The number of thioether (sulfide) groups is 1. The van der Waals surface area contributed by atoms with Crippen LogP contribution in [0.3, 0.4) is 0 Å². The summed E-state index contributed by atoms with van der Waals surface area (Å²) in [6, 6.07) is 7.44. The number of imidazole rings is 1. The van der Waals surface area contributed by atoms with Crippen molar-refractivity contribution in [2.75, 3.05) is 37.5 Å². The van der Waals surface area contributed by atoms with E-state index in [9.17, 15) is 9.90 Å². The van der Waals surface area contributed by atoms with Crippen molar-refractivity contribution in [3.05, 3.63) is 35.8 Å². The second-order valence-corrected chi connectivity index (χ2v) is 9.37. The van der Waals surface area contributed by atoms with Crippen LogP contribution in [0, 0.1) is 0 Å². The summed E-state index contributed by atoms with van der Waals surface area (Å²) in [6.07, 6.45) is 4.46. The molecule has 0 bridgehead atoms. The smallest absolute Gasteiger partial charge is 0.345 e. The molecule has 5 rings (SSSR count). The first-order valence-electron chi connectivity index (χ1n) is 11.5. The van der Waals surface area contributed by atoms with Gasteiger partial charge >= 0.3 is 5.97 Å². The zero-order valence-corrected chi connectivity index (χ0v) is 19.9. The summed E-state index contributed by atoms with van der Waals surface area (Å²) in [7, 11) is 1.28. The minimum Gasteiger partial charge on any atom is -0.510 e. The molecule has 2 aliphatic heterocycles. The maximum absolute atomic E-state index is 12.6. The van der Waals surface area contributed by atoms with Gasteiger partial charge in [0.15, 0.2) is 5.16 Å². The second kappa shape index (κ2) is 10.1. The van der Waals surface area contributed by atoms with Gasteiger partial charge in [-0.2, -0.15) is 0 Å². The van der Waals surface area contributed by atoms with Crippen LogP contribution < -0.4 is 4.90 Å². The van der Waals surface area contributed by atoms with E-state index in [1.807, 2.05) is 24.3 Å². The highest BCUT2D eigenvalue weighted by Crippen LogP contribution is 2.29. The van der Waals surface area contributed by atoms with E-state index in [0.717, 1.165) is 56.8 Å². The number of aliphatic hydroxyl groups excluding tert-OH is 1. The monoisotopic (exact) mass is 484 g/mol. The van der Waals surface area contributed by atoms with Gasteiger partial charge < -0.3 is 24.5 Å². The largest absolute Gasteiger partial charge is 0.510 e. The van der Waals surface area contributed by atoms with Crippen molar-refractivity contribution < 1.29 is 19.4 Å². The van der Waals surface area contributed by atoms with Gasteiger partial charge in [-0.05, 0) is 37.8 Å². The maximum atomic E-state index is 12.6. The van der Waals surface area contributed by atoms with Crippen LogP contribution in [0.15, 0.2) is 35.2 Å². The second-order valence-electron chi connectivity index (χ2n) is 8.43. The molecular weight excluding hydrogens is 456 g/mol. The number of ether oxygens (including phenoxy) is 2. The van der Waals surface area contributed by atoms with E-state index in [1.54, 1.807) is 0 Å². The van der Waals surface area contributed by atoms with Crippen molar-refractivity contribution in [2.45, 2.75) is 43.5 Å². The zero-order chi connectivity index (χ0) is 23.5. The molecule has 0 aliphatic carbocycles. The number of aromatic nitrogens is 5. The fourth-order valence-electron chi connectivity index (χ4n) is 4.42. The first-order valence-corrected chi connectivity index (χ1v) is 12.5. The standard InChI is InChI=1S/C23H28N6O4S/c1-32-21(31)19(20-24-16-8-2-3-9-17(16)25-20)18(30)14-34-23-27-26-22(28-10-4-5-11-28)29(23)13-15-7-6-12-33-15/h2-3,8-9,15,30H,4-7,10-14H2,1H3,(H,24,25)/t15-/m0/s1. The van der Waals surface area contributed by atoms with E-state index in [4.69, 9.17) is 9.47 Å². The van der Waals surface area contributed by atoms with Crippen molar-refractivity contribution in [3.8, 4) is 0 Å². The van der Waals surface area contributed by atoms with Gasteiger partial charge in [0, 0.05) is 19.7 Å². The molecule has 2 N–H and O–H groups in total. The molecule has 1 aromatic carbocycles. The summed E-state index contributed by atoms with van der Waals surface area (Å²) in [4.78, 5) is 22.4. The Balaban J connectivity index is 1.42. The summed E-state index contributed by atoms with van der Waals surface area (Å²) in [5, 5.41) is 20.5. The van der Waals surface area contributed by atoms with Gasteiger partial charge in [-0.15, -0.1) is 10.2 Å². The molecule has 10 nitrogen and oxygen atoms in total. The number of hydrogen-bond acceptors (Lipinski definition) is 9. The minimum absolute atomic E-state index is 0.0103. The van der Waals surface area contributed by atoms with Gasteiger partial charge in [-0.3, -0.25) is 4.57 Å². The fraction of sp³-hybridized carbons (Fsp3) is 0.478. The summed E-state index contributed by atoms with van der Waals surface area (Å²) in [6.45, 7) is 3.35. The van der Waals surface area contributed by atoms with Crippen LogP contribution in [0.2, 0.25) is 0 Å². The molecule has 34 heavy (non-hydrogen) atoms. The van der Waals surface area contributed by atoms with Crippen LogP contribution in [-0.2, 0) is 20.8 Å². The average Bonchev–Trinajstić information content (AvgIpc) is 3.65. The third kappa shape index (κ3) is 4.62. The number of benzene rings is 1. The van der Waals surface area contributed by atoms with Crippen molar-refractivity contribution in [3.63, 3.8) is 0 Å². The van der Waals surface area contributed by atoms with E-state index < -0.39 is 5.97 Å². The quantitative estimate of drug-likeness (QED) is 0.215. The summed E-state index contributed by atoms with van der Waals surface area (Å²) < 4.78 is 12.9. The molecule has 4 heterocycles. The molecule has 2 aliphatic rings. The first kappa shape index (κ1) is 22.7. The summed E-state index contributed by atoms with van der Waals surface area (Å²) in [5.41, 5.74) is 1.48. The Bertz CT molecular complexity index is 1160. The van der Waals surface area contributed by atoms with Crippen LogP contribution in [-0.4, -0.2) is 74.5 Å². The van der Waals surface area contributed by atoms with Gasteiger partial charge in [0.1, 0.15) is 17.2 Å². The summed E-state index contributed by atoms with van der Waals surface area (Å²) in [5.74, 6) is 0.431. The molecule has 0 unspecified atom stereocenters. The maximum Gasteiger partial charge on any atom is 0.345 e. The van der Waals surface area contributed by atoms with Gasteiger partial charge in [0.05, 0.1) is 36.5 Å². The van der Waals surface area contributed by atoms with Crippen LogP contribution >= 0.6 is 11.8 Å². The number of methoxy groups -OCH3 is 1. The molecular formula is C23H28N6O4S. The highest BCUT2D eigenvalue weighted by Gasteiger charge is 2.27. The fourth-order valence-corrected chi connectivity index (χ4v) is 5.24. The number of H-pyrrole nitrogens is 1. The number of carbonyl (C=O) groups excluding carboxylic acids is 1. The van der Waals surface area contributed by atoms with Gasteiger partial charge in [0.2, 0.25) is 5.95 Å². The van der Waals surface area contributed by atoms with Crippen LogP contribution in [0.1, 0.15) is 31.5 Å². The van der Waals surface area contributed by atoms with Crippen molar-refractivity contribution in [1.29, 1.82) is 0 Å². The molecule has 11 heteroatoms. The Labute approximate surface area is 201 Å². The molecule has 2 aromatic heterocycles. The number of nitrogens with zero attached hydrogens (tertiary/aromatic N) is 5. The topological polar surface area (TPSA) is 118 Å². The third-order valence-electron chi connectivity index (χ3n) is 6.14. The van der Waals surface area contributed by atoms with Crippen LogP contribution in [0.4, 0.5) is 5.95 Å². The zero-order valence-electron chi connectivity index (χ0n) is 19.1. The Morgan fingerprint density at radius 2 is 2.09 bits per heavy atom. The van der Waals surface area contributed by atoms with Crippen molar-refractivity contribution in [1.82, 2.24) is 24.7 Å². The van der Waals surface area contributed by atoms with Crippen molar-refractivity contribution in [2.24, 2.45) is 0 Å².